The Bertz CT molecular complexity index is 905. The van der Waals surface area contributed by atoms with Gasteiger partial charge in [0.2, 0.25) is 0 Å². The third-order valence-electron chi connectivity index (χ3n) is 3.52. The van der Waals surface area contributed by atoms with Gasteiger partial charge in [0.25, 0.3) is 0 Å². The summed E-state index contributed by atoms with van der Waals surface area (Å²) in [6, 6.07) is 9.02. The van der Waals surface area contributed by atoms with Crippen molar-refractivity contribution < 1.29 is 15.0 Å². The lowest BCUT2D eigenvalue weighted by Gasteiger charge is -2.10. The highest BCUT2D eigenvalue weighted by atomic mass is 127. The number of hydrogen-bond donors (Lipinski definition) is 2. The van der Waals surface area contributed by atoms with Crippen molar-refractivity contribution in [1.82, 2.24) is 15.0 Å². The first-order valence-electron chi connectivity index (χ1n) is 7.07. The van der Waals surface area contributed by atoms with E-state index in [9.17, 15) is 9.90 Å². The molecule has 0 aliphatic carbocycles. The fraction of sp³-hybridized carbons (Fsp3) is 0.188. The molecule has 3 aromatic rings. The van der Waals surface area contributed by atoms with Crippen LogP contribution in [0.1, 0.15) is 18.1 Å². The van der Waals surface area contributed by atoms with E-state index in [0.717, 1.165) is 9.09 Å². The van der Waals surface area contributed by atoms with Gasteiger partial charge in [0, 0.05) is 3.57 Å². The predicted octanol–water partition coefficient (Wildman–Crippen LogP) is 2.92. The SMILES string of the molecule is CCc1cc(CC(=O)O)cc(-n2nc3ccc(I)cc3n2)c1O. The molecule has 0 saturated carbocycles. The number of aliphatic carboxylic acids is 1. The van der Waals surface area contributed by atoms with Crippen LogP contribution >= 0.6 is 22.6 Å². The summed E-state index contributed by atoms with van der Waals surface area (Å²) in [5.74, 6) is -0.839. The largest absolute Gasteiger partial charge is 0.505 e. The molecule has 1 heterocycles. The second kappa shape index (κ2) is 6.15. The highest BCUT2D eigenvalue weighted by Gasteiger charge is 2.15. The van der Waals surface area contributed by atoms with Gasteiger partial charge < -0.3 is 10.2 Å². The first-order chi connectivity index (χ1) is 11.0. The zero-order valence-corrected chi connectivity index (χ0v) is 14.5. The van der Waals surface area contributed by atoms with Crippen molar-refractivity contribution in [3.05, 3.63) is 45.0 Å². The van der Waals surface area contributed by atoms with Crippen molar-refractivity contribution >= 4 is 39.6 Å². The van der Waals surface area contributed by atoms with Crippen LogP contribution in [0, 0.1) is 3.57 Å². The van der Waals surface area contributed by atoms with Crippen LogP contribution in [0.3, 0.4) is 0 Å². The van der Waals surface area contributed by atoms with Crippen LogP contribution in [0.5, 0.6) is 5.75 Å². The number of rotatable bonds is 4. The molecule has 3 rings (SSSR count). The van der Waals surface area contributed by atoms with E-state index in [1.807, 2.05) is 25.1 Å². The highest BCUT2D eigenvalue weighted by Crippen LogP contribution is 2.29. The molecule has 23 heavy (non-hydrogen) atoms. The minimum absolute atomic E-state index is 0.0802. The minimum Gasteiger partial charge on any atom is -0.505 e. The molecule has 0 aliphatic rings. The third kappa shape index (κ3) is 3.14. The fourth-order valence-corrected chi connectivity index (χ4v) is 2.91. The first-order valence-corrected chi connectivity index (χ1v) is 8.15. The van der Waals surface area contributed by atoms with E-state index in [4.69, 9.17) is 5.11 Å². The van der Waals surface area contributed by atoms with Crippen LogP contribution in [0.15, 0.2) is 30.3 Å². The number of aryl methyl sites for hydroxylation is 1. The molecule has 0 amide bonds. The van der Waals surface area contributed by atoms with E-state index < -0.39 is 5.97 Å². The van der Waals surface area contributed by atoms with Gasteiger partial charge in [-0.2, -0.15) is 0 Å². The molecule has 0 aliphatic heterocycles. The number of carboxylic acids is 1. The minimum atomic E-state index is -0.920. The topological polar surface area (TPSA) is 88.2 Å². The number of aromatic hydroxyl groups is 1. The van der Waals surface area contributed by atoms with Crippen LogP contribution in [-0.2, 0) is 17.6 Å². The van der Waals surface area contributed by atoms with Crippen molar-refractivity contribution in [2.75, 3.05) is 0 Å². The summed E-state index contributed by atoms with van der Waals surface area (Å²) in [5.41, 5.74) is 3.11. The summed E-state index contributed by atoms with van der Waals surface area (Å²) in [7, 11) is 0. The van der Waals surface area contributed by atoms with Gasteiger partial charge in [-0.3, -0.25) is 4.79 Å². The third-order valence-corrected chi connectivity index (χ3v) is 4.19. The van der Waals surface area contributed by atoms with E-state index in [0.29, 0.717) is 28.8 Å². The molecule has 6 nitrogen and oxygen atoms in total. The summed E-state index contributed by atoms with van der Waals surface area (Å²) in [5, 5.41) is 28.2. The van der Waals surface area contributed by atoms with Gasteiger partial charge in [0.1, 0.15) is 22.5 Å². The standard InChI is InChI=1S/C16H14IN3O3/c1-2-10-5-9(7-15(21)22)6-14(16(10)23)20-18-12-4-3-11(17)8-13(12)19-20/h3-6,8,23H,2,7H2,1H3,(H,21,22). The van der Waals surface area contributed by atoms with Gasteiger partial charge in [-0.05, 0) is 64.4 Å². The summed E-state index contributed by atoms with van der Waals surface area (Å²) >= 11 is 2.20. The Morgan fingerprint density at radius 2 is 1.96 bits per heavy atom. The number of benzene rings is 2. The van der Waals surface area contributed by atoms with Gasteiger partial charge in [-0.1, -0.05) is 13.0 Å². The number of nitrogens with zero attached hydrogens (tertiary/aromatic N) is 3. The molecule has 7 heteroatoms. The van der Waals surface area contributed by atoms with Gasteiger partial charge in [-0.25, -0.2) is 0 Å². The van der Waals surface area contributed by atoms with E-state index in [1.54, 1.807) is 12.1 Å². The quantitative estimate of drug-likeness (QED) is 0.631. The molecule has 2 aromatic carbocycles. The number of carboxylic acid groups (broad SMARTS) is 1. The monoisotopic (exact) mass is 423 g/mol. The van der Waals surface area contributed by atoms with Crippen LogP contribution in [0.25, 0.3) is 16.7 Å². The highest BCUT2D eigenvalue weighted by molar-refractivity contribution is 14.1. The molecule has 0 spiro atoms. The maximum atomic E-state index is 11.0. The zero-order chi connectivity index (χ0) is 16.6. The van der Waals surface area contributed by atoms with Crippen molar-refractivity contribution in [3.8, 4) is 11.4 Å². The Kier molecular flexibility index (Phi) is 4.20. The van der Waals surface area contributed by atoms with Crippen LogP contribution in [0.2, 0.25) is 0 Å². The maximum Gasteiger partial charge on any atom is 0.307 e. The second-order valence-corrected chi connectivity index (χ2v) is 6.41. The lowest BCUT2D eigenvalue weighted by Crippen LogP contribution is -2.05. The average Bonchev–Trinajstić information content (AvgIpc) is 2.91. The summed E-state index contributed by atoms with van der Waals surface area (Å²) in [4.78, 5) is 12.3. The number of aromatic nitrogens is 3. The van der Waals surface area contributed by atoms with E-state index in [1.165, 1.54) is 4.80 Å². The van der Waals surface area contributed by atoms with Crippen LogP contribution in [-0.4, -0.2) is 31.2 Å². The number of fused-ring (bicyclic) bond motifs is 1. The first kappa shape index (κ1) is 15.7. The van der Waals surface area contributed by atoms with Gasteiger partial charge >= 0.3 is 5.97 Å². The van der Waals surface area contributed by atoms with Crippen molar-refractivity contribution in [3.63, 3.8) is 0 Å². The predicted molar refractivity (Wildman–Crippen MR) is 94.0 cm³/mol. The molecule has 0 bridgehead atoms. The van der Waals surface area contributed by atoms with E-state index in [-0.39, 0.29) is 12.2 Å². The zero-order valence-electron chi connectivity index (χ0n) is 12.3. The molecule has 0 radical (unpaired) electrons. The summed E-state index contributed by atoms with van der Waals surface area (Å²) in [6.45, 7) is 1.90. The smallest absolute Gasteiger partial charge is 0.307 e. The Labute approximate surface area is 145 Å². The maximum absolute atomic E-state index is 11.0. The molecule has 0 saturated heterocycles. The lowest BCUT2D eigenvalue weighted by molar-refractivity contribution is -0.136. The number of carbonyl (C=O) groups is 1. The van der Waals surface area contributed by atoms with E-state index in [2.05, 4.69) is 32.8 Å². The van der Waals surface area contributed by atoms with Crippen LogP contribution < -0.4 is 0 Å². The Morgan fingerprint density at radius 3 is 2.65 bits per heavy atom. The molecule has 0 atom stereocenters. The number of hydrogen-bond acceptors (Lipinski definition) is 4. The van der Waals surface area contributed by atoms with Crippen molar-refractivity contribution in [1.29, 1.82) is 0 Å². The lowest BCUT2D eigenvalue weighted by atomic mass is 10.0. The van der Waals surface area contributed by atoms with Gasteiger partial charge in [0.15, 0.2) is 0 Å². The molecule has 118 valence electrons. The molecular formula is C16H14IN3O3. The number of halogens is 1. The normalized spacial score (nSPS) is 11.0. The van der Waals surface area contributed by atoms with Gasteiger partial charge in [0.05, 0.1) is 6.42 Å². The summed E-state index contributed by atoms with van der Waals surface area (Å²) < 4.78 is 1.04. The molecule has 1 aromatic heterocycles. The Hall–Kier alpha value is -2.16. The average molecular weight is 423 g/mol. The Balaban J connectivity index is 2.17. The molecule has 0 unspecified atom stereocenters. The van der Waals surface area contributed by atoms with E-state index >= 15 is 0 Å². The van der Waals surface area contributed by atoms with Gasteiger partial charge in [-0.15, -0.1) is 15.0 Å². The molecule has 0 fully saturated rings. The molecule has 2 N–H and O–H groups in total. The second-order valence-electron chi connectivity index (χ2n) is 5.17. The van der Waals surface area contributed by atoms with Crippen molar-refractivity contribution in [2.45, 2.75) is 19.8 Å². The van der Waals surface area contributed by atoms with Crippen LogP contribution in [0.4, 0.5) is 0 Å². The number of phenolic OH excluding ortho intramolecular Hbond substituents is 1. The summed E-state index contributed by atoms with van der Waals surface area (Å²) in [6.07, 6.45) is 0.476. The number of phenols is 1. The Morgan fingerprint density at radius 1 is 1.22 bits per heavy atom. The fourth-order valence-electron chi connectivity index (χ4n) is 2.44. The molecular weight excluding hydrogens is 409 g/mol. The van der Waals surface area contributed by atoms with Crippen molar-refractivity contribution in [2.24, 2.45) is 0 Å².